The topological polar surface area (TPSA) is 87.5 Å². The average Bonchev–Trinajstić information content (AvgIpc) is 3.10. The third-order valence-electron chi connectivity index (χ3n) is 4.14. The molecule has 2 aromatic carbocycles. The molecule has 4 rings (SSSR count). The van der Waals surface area contributed by atoms with Crippen LogP contribution in [-0.2, 0) is 0 Å². The first kappa shape index (κ1) is 17.7. The Bertz CT molecular complexity index is 1050. The SMILES string of the molecule is COc1ccc(C2=Nn3c(nnc3-c3ccc(Cl)cc3OC)SC2)cc1N. The second-order valence-electron chi connectivity index (χ2n) is 5.75. The minimum absolute atomic E-state index is 0.567. The molecule has 1 aromatic heterocycles. The Morgan fingerprint density at radius 2 is 1.89 bits per heavy atom. The second kappa shape index (κ2) is 7.13. The molecule has 3 aromatic rings. The van der Waals surface area contributed by atoms with Gasteiger partial charge < -0.3 is 15.2 Å². The maximum Gasteiger partial charge on any atom is 0.212 e. The van der Waals surface area contributed by atoms with Crippen LogP contribution in [0.2, 0.25) is 5.02 Å². The normalized spacial score (nSPS) is 13.1. The summed E-state index contributed by atoms with van der Waals surface area (Å²) in [5.41, 5.74) is 9.17. The van der Waals surface area contributed by atoms with Gasteiger partial charge in [0.2, 0.25) is 5.16 Å². The van der Waals surface area contributed by atoms with Crippen LogP contribution < -0.4 is 15.2 Å². The Labute approximate surface area is 165 Å². The van der Waals surface area contributed by atoms with Crippen LogP contribution >= 0.6 is 23.4 Å². The van der Waals surface area contributed by atoms with Gasteiger partial charge in [0, 0.05) is 16.3 Å². The van der Waals surface area contributed by atoms with Crippen molar-refractivity contribution < 1.29 is 9.47 Å². The van der Waals surface area contributed by atoms with Gasteiger partial charge in [0.25, 0.3) is 0 Å². The summed E-state index contributed by atoms with van der Waals surface area (Å²) in [6, 6.07) is 11.0. The van der Waals surface area contributed by atoms with Crippen LogP contribution in [-0.4, -0.2) is 40.6 Å². The predicted octanol–water partition coefficient (Wildman–Crippen LogP) is 3.56. The summed E-state index contributed by atoms with van der Waals surface area (Å²) in [7, 11) is 3.18. The number of rotatable bonds is 4. The standard InChI is InChI=1S/C18H16ClN5O2S/c1-25-15-6-3-10(7-13(15)20)14-9-27-18-22-21-17(24(18)23-14)12-5-4-11(19)8-16(12)26-2/h3-8H,9,20H2,1-2H3. The van der Waals surface area contributed by atoms with Gasteiger partial charge in [-0.3, -0.25) is 0 Å². The molecule has 0 spiro atoms. The van der Waals surface area contributed by atoms with Gasteiger partial charge in [-0.05, 0) is 36.4 Å². The number of hydrogen-bond acceptors (Lipinski definition) is 7. The van der Waals surface area contributed by atoms with Crippen LogP contribution in [0, 0.1) is 0 Å². The van der Waals surface area contributed by atoms with Crippen LogP contribution in [0.1, 0.15) is 5.56 Å². The monoisotopic (exact) mass is 401 g/mol. The lowest BCUT2D eigenvalue weighted by Gasteiger charge is -2.15. The molecule has 1 aliphatic rings. The van der Waals surface area contributed by atoms with Gasteiger partial charge in [-0.25, -0.2) is 0 Å². The quantitative estimate of drug-likeness (QED) is 0.672. The van der Waals surface area contributed by atoms with Crippen LogP contribution in [0.4, 0.5) is 5.69 Å². The average molecular weight is 402 g/mol. The number of anilines is 1. The Morgan fingerprint density at radius 3 is 2.63 bits per heavy atom. The molecule has 0 saturated carbocycles. The van der Waals surface area contributed by atoms with Crippen LogP contribution in [0.15, 0.2) is 46.7 Å². The van der Waals surface area contributed by atoms with Gasteiger partial charge in [0.15, 0.2) is 5.82 Å². The summed E-state index contributed by atoms with van der Waals surface area (Å²) in [5, 5.41) is 14.6. The molecule has 0 bridgehead atoms. The second-order valence-corrected chi connectivity index (χ2v) is 7.13. The molecule has 9 heteroatoms. The highest BCUT2D eigenvalue weighted by molar-refractivity contribution is 7.99. The summed E-state index contributed by atoms with van der Waals surface area (Å²) in [6.07, 6.45) is 0. The minimum atomic E-state index is 0.567. The number of aromatic nitrogens is 3. The van der Waals surface area contributed by atoms with Crippen molar-refractivity contribution in [3.05, 3.63) is 47.0 Å². The van der Waals surface area contributed by atoms with Crippen molar-refractivity contribution in [3.63, 3.8) is 0 Å². The first-order valence-electron chi connectivity index (χ1n) is 8.04. The fourth-order valence-corrected chi connectivity index (χ4v) is 3.80. The zero-order valence-electron chi connectivity index (χ0n) is 14.6. The maximum absolute atomic E-state index is 6.07. The zero-order chi connectivity index (χ0) is 19.0. The highest BCUT2D eigenvalue weighted by atomic mass is 35.5. The summed E-state index contributed by atoms with van der Waals surface area (Å²) in [6.45, 7) is 0. The third-order valence-corrected chi connectivity index (χ3v) is 5.30. The first-order valence-corrected chi connectivity index (χ1v) is 9.41. The van der Waals surface area contributed by atoms with E-state index in [0.717, 1.165) is 16.8 Å². The molecule has 0 atom stereocenters. The van der Waals surface area contributed by atoms with E-state index in [1.165, 1.54) is 0 Å². The van der Waals surface area contributed by atoms with Gasteiger partial charge in [0.05, 0.1) is 31.2 Å². The lowest BCUT2D eigenvalue weighted by Crippen LogP contribution is -2.14. The highest BCUT2D eigenvalue weighted by Gasteiger charge is 2.23. The molecule has 1 aliphatic heterocycles. The number of nitrogen functional groups attached to an aromatic ring is 1. The summed E-state index contributed by atoms with van der Waals surface area (Å²) < 4.78 is 12.4. The molecular weight excluding hydrogens is 386 g/mol. The number of benzene rings is 2. The van der Waals surface area contributed by atoms with Gasteiger partial charge in [-0.15, -0.1) is 10.2 Å². The smallest absolute Gasteiger partial charge is 0.212 e. The number of hydrogen-bond donors (Lipinski definition) is 1. The zero-order valence-corrected chi connectivity index (χ0v) is 16.2. The Hall–Kier alpha value is -2.71. The predicted molar refractivity (Wildman–Crippen MR) is 107 cm³/mol. The number of methoxy groups -OCH3 is 2. The van der Waals surface area contributed by atoms with Crippen molar-refractivity contribution in [2.75, 3.05) is 25.7 Å². The Morgan fingerprint density at radius 1 is 1.07 bits per heavy atom. The number of halogens is 1. The van der Waals surface area contributed by atoms with Crippen molar-refractivity contribution in [1.29, 1.82) is 0 Å². The molecule has 0 saturated heterocycles. The van der Waals surface area contributed by atoms with Crippen LogP contribution in [0.3, 0.4) is 0 Å². The van der Waals surface area contributed by atoms with Gasteiger partial charge in [-0.2, -0.15) is 9.78 Å². The Balaban J connectivity index is 1.79. The molecule has 138 valence electrons. The number of nitrogens with zero attached hydrogens (tertiary/aromatic N) is 4. The molecule has 0 fully saturated rings. The van der Waals surface area contributed by atoms with Crippen molar-refractivity contribution in [1.82, 2.24) is 14.9 Å². The number of nitrogens with two attached hydrogens (primary N) is 1. The molecule has 0 unspecified atom stereocenters. The van der Waals surface area contributed by atoms with E-state index in [9.17, 15) is 0 Å². The molecule has 0 amide bonds. The van der Waals surface area contributed by atoms with E-state index >= 15 is 0 Å². The van der Waals surface area contributed by atoms with Gasteiger partial charge in [0.1, 0.15) is 11.5 Å². The molecule has 2 N–H and O–H groups in total. The van der Waals surface area contributed by atoms with Crippen molar-refractivity contribution >= 4 is 34.8 Å². The van der Waals surface area contributed by atoms with Crippen LogP contribution in [0.25, 0.3) is 11.4 Å². The van der Waals surface area contributed by atoms with E-state index in [4.69, 9.17) is 31.9 Å². The van der Waals surface area contributed by atoms with Gasteiger partial charge >= 0.3 is 0 Å². The van der Waals surface area contributed by atoms with Crippen LogP contribution in [0.5, 0.6) is 11.5 Å². The third kappa shape index (κ3) is 3.22. The van der Waals surface area contributed by atoms with E-state index in [-0.39, 0.29) is 0 Å². The molecule has 2 heterocycles. The van der Waals surface area contributed by atoms with E-state index in [0.29, 0.717) is 38.9 Å². The maximum atomic E-state index is 6.07. The largest absolute Gasteiger partial charge is 0.496 e. The fraction of sp³-hybridized carbons (Fsp3) is 0.167. The van der Waals surface area contributed by atoms with E-state index < -0.39 is 0 Å². The molecule has 0 radical (unpaired) electrons. The lowest BCUT2D eigenvalue weighted by molar-refractivity contribution is 0.416. The lowest BCUT2D eigenvalue weighted by atomic mass is 10.1. The first-order chi connectivity index (χ1) is 13.1. The number of thioether (sulfide) groups is 1. The molecule has 7 nitrogen and oxygen atoms in total. The molecule has 27 heavy (non-hydrogen) atoms. The number of fused-ring (bicyclic) bond motifs is 1. The van der Waals surface area contributed by atoms with Gasteiger partial charge in [-0.1, -0.05) is 23.4 Å². The van der Waals surface area contributed by atoms with E-state index in [1.54, 1.807) is 42.8 Å². The number of ether oxygens (including phenoxy) is 2. The van der Waals surface area contributed by atoms with Crippen molar-refractivity contribution in [3.8, 4) is 22.9 Å². The minimum Gasteiger partial charge on any atom is -0.496 e. The van der Waals surface area contributed by atoms with Crippen molar-refractivity contribution in [2.45, 2.75) is 5.16 Å². The summed E-state index contributed by atoms with van der Waals surface area (Å²) in [5.74, 6) is 2.50. The van der Waals surface area contributed by atoms with Crippen molar-refractivity contribution in [2.24, 2.45) is 5.10 Å². The Kier molecular flexibility index (Phi) is 4.67. The highest BCUT2D eigenvalue weighted by Crippen LogP contribution is 2.35. The fourth-order valence-electron chi connectivity index (χ4n) is 2.80. The summed E-state index contributed by atoms with van der Waals surface area (Å²) >= 11 is 7.63. The summed E-state index contributed by atoms with van der Waals surface area (Å²) in [4.78, 5) is 0. The van der Waals surface area contributed by atoms with E-state index in [2.05, 4.69) is 10.2 Å². The van der Waals surface area contributed by atoms with E-state index in [1.807, 2.05) is 24.3 Å². The molecule has 0 aliphatic carbocycles. The molecular formula is C18H16ClN5O2S.